The van der Waals surface area contributed by atoms with E-state index >= 15 is 0 Å². The largest absolute Gasteiger partial charge is 0.497 e. The normalized spacial score (nSPS) is 10.5. The average Bonchev–Trinajstić information content (AvgIpc) is 3.11. The molecule has 1 aromatic heterocycles. The summed E-state index contributed by atoms with van der Waals surface area (Å²) in [6, 6.07) is 14.9. The average molecular weight is 371 g/mol. The minimum atomic E-state index is -0.926. The Kier molecular flexibility index (Phi) is 5.48. The lowest BCUT2D eigenvalue weighted by atomic mass is 10.1. The van der Waals surface area contributed by atoms with E-state index in [-0.39, 0.29) is 5.75 Å². The molecule has 7 heteroatoms. The van der Waals surface area contributed by atoms with Crippen molar-refractivity contribution < 1.29 is 23.8 Å². The highest BCUT2D eigenvalue weighted by atomic mass is 32.2. The summed E-state index contributed by atoms with van der Waals surface area (Å²) in [5, 5.41) is 9.19. The first-order chi connectivity index (χ1) is 12.6. The molecule has 0 saturated carbocycles. The zero-order chi connectivity index (χ0) is 18.5. The van der Waals surface area contributed by atoms with Gasteiger partial charge in [0.1, 0.15) is 22.9 Å². The summed E-state index contributed by atoms with van der Waals surface area (Å²) in [4.78, 5) is 15.3. The topological polar surface area (TPSA) is 81.8 Å². The first-order valence-electron chi connectivity index (χ1n) is 7.75. The highest BCUT2D eigenvalue weighted by Gasteiger charge is 2.18. The summed E-state index contributed by atoms with van der Waals surface area (Å²) in [6.45, 7) is 0. The van der Waals surface area contributed by atoms with E-state index < -0.39 is 5.97 Å². The molecule has 0 unspecified atom stereocenters. The SMILES string of the molecule is COc1ccc(-c2nc(SCC(=O)O)oc2-c2ccc(OC)cc2)cc1. The number of hydrogen-bond donors (Lipinski definition) is 1. The lowest BCUT2D eigenvalue weighted by Crippen LogP contribution is -1.97. The third-order valence-electron chi connectivity index (χ3n) is 3.64. The first-order valence-corrected chi connectivity index (χ1v) is 8.73. The molecule has 134 valence electrons. The van der Waals surface area contributed by atoms with Gasteiger partial charge in [0.15, 0.2) is 5.76 Å². The Labute approximate surface area is 154 Å². The van der Waals surface area contributed by atoms with Gasteiger partial charge in [0, 0.05) is 11.1 Å². The molecular formula is C19H17NO5S. The van der Waals surface area contributed by atoms with Crippen LogP contribution in [-0.2, 0) is 4.79 Å². The van der Waals surface area contributed by atoms with E-state index in [0.717, 1.165) is 34.4 Å². The molecule has 0 atom stereocenters. The Morgan fingerprint density at radius 3 is 2.04 bits per heavy atom. The van der Waals surface area contributed by atoms with Crippen molar-refractivity contribution in [2.45, 2.75) is 5.22 Å². The standard InChI is InChI=1S/C19H17NO5S/c1-23-14-7-3-12(4-8-14)17-18(13-5-9-15(24-2)10-6-13)25-19(20-17)26-11-16(21)22/h3-10H,11H2,1-2H3,(H,21,22). The summed E-state index contributed by atoms with van der Waals surface area (Å²) in [7, 11) is 3.21. The van der Waals surface area contributed by atoms with Gasteiger partial charge in [-0.3, -0.25) is 4.79 Å². The number of aliphatic carboxylic acids is 1. The minimum absolute atomic E-state index is 0.120. The molecule has 2 aromatic carbocycles. The Balaban J connectivity index is 2.02. The van der Waals surface area contributed by atoms with E-state index in [2.05, 4.69) is 4.98 Å². The fourth-order valence-corrected chi connectivity index (χ4v) is 2.91. The van der Waals surface area contributed by atoms with Crippen molar-refractivity contribution in [3.63, 3.8) is 0 Å². The number of ether oxygens (including phenoxy) is 2. The van der Waals surface area contributed by atoms with Crippen molar-refractivity contribution >= 4 is 17.7 Å². The molecule has 1 N–H and O–H groups in total. The molecule has 0 aliphatic heterocycles. The van der Waals surface area contributed by atoms with Crippen LogP contribution in [0.1, 0.15) is 0 Å². The molecule has 26 heavy (non-hydrogen) atoms. The summed E-state index contributed by atoms with van der Waals surface area (Å²) < 4.78 is 16.2. The molecule has 3 rings (SSSR count). The van der Waals surface area contributed by atoms with Gasteiger partial charge in [0.2, 0.25) is 0 Å². The van der Waals surface area contributed by atoms with Crippen LogP contribution in [0.2, 0.25) is 0 Å². The second-order valence-electron chi connectivity index (χ2n) is 5.30. The van der Waals surface area contributed by atoms with Crippen LogP contribution in [0.4, 0.5) is 0 Å². The predicted octanol–water partition coefficient (Wildman–Crippen LogP) is 4.20. The predicted molar refractivity (Wildman–Crippen MR) is 98.8 cm³/mol. The van der Waals surface area contributed by atoms with E-state index in [1.165, 1.54) is 0 Å². The highest BCUT2D eigenvalue weighted by molar-refractivity contribution is 7.99. The lowest BCUT2D eigenvalue weighted by Gasteiger charge is -2.04. The summed E-state index contributed by atoms with van der Waals surface area (Å²) in [6.07, 6.45) is 0. The maximum Gasteiger partial charge on any atom is 0.314 e. The molecule has 0 bridgehead atoms. The number of hydrogen-bond acceptors (Lipinski definition) is 6. The number of carboxylic acid groups (broad SMARTS) is 1. The van der Waals surface area contributed by atoms with Gasteiger partial charge in [-0.15, -0.1) is 0 Å². The number of oxazole rings is 1. The number of benzene rings is 2. The fourth-order valence-electron chi connectivity index (χ4n) is 2.37. The minimum Gasteiger partial charge on any atom is -0.497 e. The third-order valence-corrected chi connectivity index (χ3v) is 4.46. The second kappa shape index (κ2) is 7.97. The van der Waals surface area contributed by atoms with Crippen LogP contribution in [0.5, 0.6) is 11.5 Å². The third kappa shape index (κ3) is 4.00. The van der Waals surface area contributed by atoms with E-state index in [4.69, 9.17) is 19.0 Å². The summed E-state index contributed by atoms with van der Waals surface area (Å²) in [5.74, 6) is 1.00. The summed E-state index contributed by atoms with van der Waals surface area (Å²) >= 11 is 1.04. The first kappa shape index (κ1) is 17.9. The Morgan fingerprint density at radius 1 is 1.00 bits per heavy atom. The number of carbonyl (C=O) groups is 1. The Morgan fingerprint density at radius 2 is 1.54 bits per heavy atom. The van der Waals surface area contributed by atoms with Crippen molar-refractivity contribution in [2.75, 3.05) is 20.0 Å². The van der Waals surface area contributed by atoms with Crippen LogP contribution in [-0.4, -0.2) is 36.0 Å². The maximum atomic E-state index is 10.8. The van der Waals surface area contributed by atoms with Gasteiger partial charge in [-0.2, -0.15) is 0 Å². The van der Waals surface area contributed by atoms with Crippen LogP contribution in [0, 0.1) is 0 Å². The van der Waals surface area contributed by atoms with Crippen molar-refractivity contribution in [3.8, 4) is 34.1 Å². The van der Waals surface area contributed by atoms with Crippen LogP contribution in [0.3, 0.4) is 0 Å². The monoisotopic (exact) mass is 371 g/mol. The van der Waals surface area contributed by atoms with Gasteiger partial charge in [-0.05, 0) is 48.5 Å². The number of methoxy groups -OCH3 is 2. The van der Waals surface area contributed by atoms with Gasteiger partial charge in [-0.1, -0.05) is 11.8 Å². The second-order valence-corrected chi connectivity index (χ2v) is 6.22. The van der Waals surface area contributed by atoms with Crippen molar-refractivity contribution in [3.05, 3.63) is 48.5 Å². The zero-order valence-corrected chi connectivity index (χ0v) is 15.1. The maximum absolute atomic E-state index is 10.8. The van der Waals surface area contributed by atoms with Gasteiger partial charge >= 0.3 is 5.97 Å². The molecule has 0 aliphatic rings. The number of rotatable bonds is 7. The Bertz CT molecular complexity index is 822. The number of thioether (sulfide) groups is 1. The molecule has 3 aromatic rings. The highest BCUT2D eigenvalue weighted by Crippen LogP contribution is 2.36. The molecule has 0 amide bonds. The van der Waals surface area contributed by atoms with E-state index in [1.54, 1.807) is 14.2 Å². The van der Waals surface area contributed by atoms with E-state index in [9.17, 15) is 4.79 Å². The number of aromatic nitrogens is 1. The van der Waals surface area contributed by atoms with Gasteiger partial charge in [0.25, 0.3) is 5.22 Å². The molecule has 0 saturated heterocycles. The zero-order valence-electron chi connectivity index (χ0n) is 14.3. The molecule has 0 radical (unpaired) electrons. The molecule has 6 nitrogen and oxygen atoms in total. The fraction of sp³-hybridized carbons (Fsp3) is 0.158. The molecule has 0 spiro atoms. The molecule has 1 heterocycles. The van der Waals surface area contributed by atoms with Crippen molar-refractivity contribution in [1.82, 2.24) is 4.98 Å². The van der Waals surface area contributed by atoms with Gasteiger partial charge in [-0.25, -0.2) is 4.98 Å². The molecular weight excluding hydrogens is 354 g/mol. The number of carboxylic acids is 1. The molecule has 0 aliphatic carbocycles. The van der Waals surface area contributed by atoms with E-state index in [0.29, 0.717) is 16.7 Å². The molecule has 0 fully saturated rings. The number of nitrogens with zero attached hydrogens (tertiary/aromatic N) is 1. The van der Waals surface area contributed by atoms with Crippen LogP contribution in [0.15, 0.2) is 58.2 Å². The quantitative estimate of drug-likeness (QED) is 0.623. The van der Waals surface area contributed by atoms with E-state index in [1.807, 2.05) is 48.5 Å². The summed E-state index contributed by atoms with van der Waals surface area (Å²) in [5.41, 5.74) is 2.32. The lowest BCUT2D eigenvalue weighted by molar-refractivity contribution is -0.133. The smallest absolute Gasteiger partial charge is 0.314 e. The van der Waals surface area contributed by atoms with Crippen LogP contribution < -0.4 is 9.47 Å². The van der Waals surface area contributed by atoms with Crippen LogP contribution >= 0.6 is 11.8 Å². The van der Waals surface area contributed by atoms with Crippen molar-refractivity contribution in [2.24, 2.45) is 0 Å². The van der Waals surface area contributed by atoms with Gasteiger partial charge < -0.3 is 19.0 Å². The van der Waals surface area contributed by atoms with Gasteiger partial charge in [0.05, 0.1) is 14.2 Å². The van der Waals surface area contributed by atoms with Crippen LogP contribution in [0.25, 0.3) is 22.6 Å². The van der Waals surface area contributed by atoms with Crippen molar-refractivity contribution in [1.29, 1.82) is 0 Å². The Hall–Kier alpha value is -2.93.